The number of aromatic nitrogens is 1. The number of amides is 2. The van der Waals surface area contributed by atoms with Gasteiger partial charge in [0.1, 0.15) is 11.7 Å². The average molecular weight is 349 g/mol. The minimum atomic E-state index is -0.449. The van der Waals surface area contributed by atoms with Gasteiger partial charge in [-0.25, -0.2) is 0 Å². The number of likely N-dealkylation sites (N-methyl/N-ethyl adjacent to an activating group) is 1. The van der Waals surface area contributed by atoms with Gasteiger partial charge in [0.2, 0.25) is 5.91 Å². The second kappa shape index (κ2) is 6.45. The molecule has 1 aliphatic rings. The topological polar surface area (TPSA) is 59.7 Å². The maximum atomic E-state index is 12.8. The Kier molecular flexibility index (Phi) is 4.51. The molecule has 0 bridgehead atoms. The van der Waals surface area contributed by atoms with Crippen LogP contribution in [0.5, 0.6) is 0 Å². The van der Waals surface area contributed by atoms with E-state index in [2.05, 4.69) is 4.98 Å². The number of hydrogen-bond acceptors (Lipinski definition) is 3. The number of carbonyl (C=O) groups excluding carboxylic acids is 2. The third-order valence-electron chi connectivity index (χ3n) is 4.35. The Labute approximate surface area is 146 Å². The molecule has 1 fully saturated rings. The lowest BCUT2D eigenvalue weighted by Gasteiger charge is -2.20. The van der Waals surface area contributed by atoms with Crippen LogP contribution in [0.2, 0.25) is 5.02 Å². The van der Waals surface area contributed by atoms with Crippen LogP contribution >= 0.6 is 11.6 Å². The molecule has 0 spiro atoms. The van der Waals surface area contributed by atoms with Crippen molar-refractivity contribution in [3.63, 3.8) is 0 Å². The normalized spacial score (nSPS) is 18.2. The molecule has 3 rings (SSSR count). The smallest absolute Gasteiger partial charge is 0.272 e. The first kappa shape index (κ1) is 16.8. The maximum absolute atomic E-state index is 12.8. The van der Waals surface area contributed by atoms with Crippen LogP contribution in [0.15, 0.2) is 24.3 Å². The van der Waals surface area contributed by atoms with Crippen LogP contribution in [-0.2, 0) is 4.79 Å². The van der Waals surface area contributed by atoms with Gasteiger partial charge in [0, 0.05) is 29.0 Å². The Morgan fingerprint density at radius 2 is 2.12 bits per heavy atom. The molecule has 1 unspecified atom stereocenters. The lowest BCUT2D eigenvalue weighted by Crippen LogP contribution is -2.36. The van der Waals surface area contributed by atoms with E-state index in [1.807, 2.05) is 25.1 Å². The third-order valence-corrected chi connectivity index (χ3v) is 4.59. The highest BCUT2D eigenvalue weighted by Crippen LogP contribution is 2.23. The molecule has 1 atom stereocenters. The fraction of sp³-hybridized carbons (Fsp3) is 0.412. The number of fused-ring (bicyclic) bond motifs is 1. The molecule has 0 radical (unpaired) electrons. The lowest BCUT2D eigenvalue weighted by molar-refractivity contribution is -0.128. The molecular weight excluding hydrogens is 328 g/mol. The number of H-pyrrole nitrogens is 1. The van der Waals surface area contributed by atoms with Crippen LogP contribution in [0.25, 0.3) is 10.9 Å². The third kappa shape index (κ3) is 3.12. The number of benzene rings is 1. The van der Waals surface area contributed by atoms with Crippen molar-refractivity contribution < 1.29 is 9.59 Å². The predicted molar refractivity (Wildman–Crippen MR) is 94.1 cm³/mol. The van der Waals surface area contributed by atoms with E-state index in [0.717, 1.165) is 17.4 Å². The van der Waals surface area contributed by atoms with Crippen LogP contribution < -0.4 is 0 Å². The molecule has 1 N–H and O–H groups in total. The zero-order valence-electron chi connectivity index (χ0n) is 14.0. The van der Waals surface area contributed by atoms with E-state index in [-0.39, 0.29) is 11.8 Å². The lowest BCUT2D eigenvalue weighted by atomic mass is 10.2. The molecule has 0 saturated carbocycles. The standard InChI is InChI=1S/C17H21ClN4O2/c1-11-16(23)21(7-6-20(2)3)10-22(11)17(24)15-8-12-4-5-13(18)9-14(12)19-15/h4-5,8-9,11,19H,6-7,10H2,1-3H3. The Hall–Kier alpha value is -2.05. The number of halogens is 1. The summed E-state index contributed by atoms with van der Waals surface area (Å²) in [5.74, 6) is -0.181. The molecule has 24 heavy (non-hydrogen) atoms. The molecule has 1 aromatic carbocycles. The van der Waals surface area contributed by atoms with E-state index in [1.165, 1.54) is 0 Å². The van der Waals surface area contributed by atoms with Crippen LogP contribution in [-0.4, -0.2) is 71.4 Å². The van der Waals surface area contributed by atoms with Gasteiger partial charge in [0.25, 0.3) is 5.91 Å². The van der Waals surface area contributed by atoms with Crippen LogP contribution in [0.4, 0.5) is 0 Å². The molecule has 1 aromatic heterocycles. The van der Waals surface area contributed by atoms with Crippen LogP contribution in [0.3, 0.4) is 0 Å². The highest BCUT2D eigenvalue weighted by molar-refractivity contribution is 6.31. The summed E-state index contributed by atoms with van der Waals surface area (Å²) < 4.78 is 0. The first-order valence-electron chi connectivity index (χ1n) is 7.89. The maximum Gasteiger partial charge on any atom is 0.272 e. The monoisotopic (exact) mass is 348 g/mol. The van der Waals surface area contributed by atoms with Crippen molar-refractivity contribution in [1.82, 2.24) is 19.7 Å². The van der Waals surface area contributed by atoms with Gasteiger partial charge in [-0.05, 0) is 39.2 Å². The summed E-state index contributed by atoms with van der Waals surface area (Å²) in [6.45, 7) is 3.48. The quantitative estimate of drug-likeness (QED) is 0.919. The van der Waals surface area contributed by atoms with Gasteiger partial charge in [0.05, 0.1) is 6.67 Å². The molecule has 1 aliphatic heterocycles. The summed E-state index contributed by atoms with van der Waals surface area (Å²) in [6, 6.07) is 6.79. The van der Waals surface area contributed by atoms with Crippen molar-refractivity contribution in [3.05, 3.63) is 35.0 Å². The van der Waals surface area contributed by atoms with Gasteiger partial charge in [-0.3, -0.25) is 9.59 Å². The van der Waals surface area contributed by atoms with E-state index in [0.29, 0.717) is 23.9 Å². The van der Waals surface area contributed by atoms with Crippen molar-refractivity contribution in [2.45, 2.75) is 13.0 Å². The van der Waals surface area contributed by atoms with Gasteiger partial charge in [0.15, 0.2) is 0 Å². The fourth-order valence-electron chi connectivity index (χ4n) is 2.88. The zero-order chi connectivity index (χ0) is 17.4. The summed E-state index contributed by atoms with van der Waals surface area (Å²) >= 11 is 5.99. The second-order valence-electron chi connectivity index (χ2n) is 6.41. The largest absolute Gasteiger partial charge is 0.350 e. The molecule has 2 heterocycles. The van der Waals surface area contributed by atoms with Crippen molar-refractivity contribution in [3.8, 4) is 0 Å². The first-order valence-corrected chi connectivity index (χ1v) is 8.27. The molecule has 1 saturated heterocycles. The summed E-state index contributed by atoms with van der Waals surface area (Å²) in [4.78, 5) is 33.6. The zero-order valence-corrected chi connectivity index (χ0v) is 14.8. The van der Waals surface area contributed by atoms with Gasteiger partial charge < -0.3 is 19.7 Å². The minimum absolute atomic E-state index is 0.00986. The number of carbonyl (C=O) groups is 2. The van der Waals surface area contributed by atoms with Gasteiger partial charge in [-0.2, -0.15) is 0 Å². The Balaban J connectivity index is 1.79. The summed E-state index contributed by atoms with van der Waals surface area (Å²) in [6.07, 6.45) is 0. The number of nitrogens with zero attached hydrogens (tertiary/aromatic N) is 3. The van der Waals surface area contributed by atoms with E-state index in [1.54, 1.807) is 34.9 Å². The summed E-state index contributed by atoms with van der Waals surface area (Å²) in [5.41, 5.74) is 1.29. The number of nitrogens with one attached hydrogen (secondary N) is 1. The first-order chi connectivity index (χ1) is 11.4. The van der Waals surface area contributed by atoms with Gasteiger partial charge in [-0.1, -0.05) is 17.7 Å². The Morgan fingerprint density at radius 1 is 1.38 bits per heavy atom. The molecule has 0 aliphatic carbocycles. The van der Waals surface area contributed by atoms with E-state index in [9.17, 15) is 9.59 Å². The highest BCUT2D eigenvalue weighted by Gasteiger charge is 2.38. The van der Waals surface area contributed by atoms with Crippen molar-refractivity contribution in [1.29, 1.82) is 0 Å². The van der Waals surface area contributed by atoms with Crippen molar-refractivity contribution >= 4 is 34.3 Å². The van der Waals surface area contributed by atoms with Gasteiger partial charge in [-0.15, -0.1) is 0 Å². The van der Waals surface area contributed by atoms with E-state index >= 15 is 0 Å². The molecule has 128 valence electrons. The molecule has 7 heteroatoms. The van der Waals surface area contributed by atoms with E-state index in [4.69, 9.17) is 11.6 Å². The van der Waals surface area contributed by atoms with Crippen molar-refractivity contribution in [2.75, 3.05) is 33.9 Å². The Morgan fingerprint density at radius 3 is 2.83 bits per heavy atom. The number of aromatic amines is 1. The predicted octanol–water partition coefficient (Wildman–Crippen LogP) is 2.01. The number of hydrogen-bond donors (Lipinski definition) is 1. The van der Waals surface area contributed by atoms with Crippen LogP contribution in [0.1, 0.15) is 17.4 Å². The number of rotatable bonds is 4. The van der Waals surface area contributed by atoms with Crippen molar-refractivity contribution in [2.24, 2.45) is 0 Å². The summed E-state index contributed by atoms with van der Waals surface area (Å²) in [5, 5.41) is 1.54. The molecule has 6 nitrogen and oxygen atoms in total. The fourth-order valence-corrected chi connectivity index (χ4v) is 3.06. The second-order valence-corrected chi connectivity index (χ2v) is 6.85. The van der Waals surface area contributed by atoms with Gasteiger partial charge >= 0.3 is 0 Å². The average Bonchev–Trinajstić information content (AvgIpc) is 3.07. The van der Waals surface area contributed by atoms with E-state index < -0.39 is 6.04 Å². The molecular formula is C17H21ClN4O2. The summed E-state index contributed by atoms with van der Waals surface area (Å²) in [7, 11) is 3.92. The Bertz CT molecular complexity index is 786. The molecule has 2 aromatic rings. The molecule has 2 amide bonds. The SMILES string of the molecule is CC1C(=O)N(CCN(C)C)CN1C(=O)c1cc2ccc(Cl)cc2[nH]1. The minimum Gasteiger partial charge on any atom is -0.350 e. The highest BCUT2D eigenvalue weighted by atomic mass is 35.5. The van der Waals surface area contributed by atoms with Crippen LogP contribution in [0, 0.1) is 0 Å².